The molecular formula is C20H19N5O3. The molecule has 1 fully saturated rings. The van der Waals surface area contributed by atoms with Crippen molar-refractivity contribution in [2.24, 2.45) is 0 Å². The maximum atomic E-state index is 5.82. The third-order valence-corrected chi connectivity index (χ3v) is 4.62. The van der Waals surface area contributed by atoms with Gasteiger partial charge in [0.1, 0.15) is 42.4 Å². The normalized spacial score (nSPS) is 17.1. The summed E-state index contributed by atoms with van der Waals surface area (Å²) in [6.07, 6.45) is 8.87. The van der Waals surface area contributed by atoms with E-state index in [1.54, 1.807) is 25.0 Å². The number of aromatic nitrogens is 5. The minimum absolute atomic E-state index is 0.0138. The number of imidazole rings is 2. The molecule has 0 N–H and O–H groups in total. The number of benzene rings is 1. The van der Waals surface area contributed by atoms with Gasteiger partial charge in [0, 0.05) is 24.1 Å². The zero-order valence-electron chi connectivity index (χ0n) is 15.1. The van der Waals surface area contributed by atoms with Crippen LogP contribution in [0.15, 0.2) is 61.6 Å². The molecule has 0 bridgehead atoms. The molecule has 1 aliphatic heterocycles. The molecule has 0 spiro atoms. The Morgan fingerprint density at radius 1 is 1.11 bits per heavy atom. The second kappa shape index (κ2) is 7.41. The Kier molecular flexibility index (Phi) is 4.48. The van der Waals surface area contributed by atoms with E-state index < -0.39 is 0 Å². The minimum atomic E-state index is -0.0138. The maximum Gasteiger partial charge on any atom is 0.140 e. The highest BCUT2D eigenvalue weighted by Crippen LogP contribution is 2.22. The Hall–Kier alpha value is -3.23. The number of ether oxygens (including phenoxy) is 3. The Balaban J connectivity index is 1.36. The molecule has 4 heterocycles. The highest BCUT2D eigenvalue weighted by molar-refractivity contribution is 5.78. The lowest BCUT2D eigenvalue weighted by atomic mass is 10.3. The molecule has 8 nitrogen and oxygen atoms in total. The standard InChI is InChI=1S/C20H19N5O3/c1-3-16(28-12-17-11-26-7-8-27-17)4-2-15(1)25-14-23-18-10-22-20(9-19(18)25)24-6-5-21-13-24/h1-6,9-10,13-14,17H,7-8,11-12H2. The van der Waals surface area contributed by atoms with Gasteiger partial charge in [-0.15, -0.1) is 0 Å². The van der Waals surface area contributed by atoms with Gasteiger partial charge in [0.2, 0.25) is 0 Å². The molecule has 1 aliphatic rings. The Morgan fingerprint density at radius 3 is 2.82 bits per heavy atom. The second-order valence-corrected chi connectivity index (χ2v) is 6.49. The Morgan fingerprint density at radius 2 is 2.04 bits per heavy atom. The lowest BCUT2D eigenvalue weighted by Crippen LogP contribution is -2.33. The van der Waals surface area contributed by atoms with Crippen LogP contribution < -0.4 is 4.74 Å². The van der Waals surface area contributed by atoms with Crippen LogP contribution in [0, 0.1) is 0 Å². The Bertz CT molecular complexity index is 1050. The monoisotopic (exact) mass is 377 g/mol. The van der Waals surface area contributed by atoms with Crippen molar-refractivity contribution in [3.63, 3.8) is 0 Å². The van der Waals surface area contributed by atoms with Crippen molar-refractivity contribution in [1.82, 2.24) is 24.1 Å². The van der Waals surface area contributed by atoms with Gasteiger partial charge < -0.3 is 14.2 Å². The van der Waals surface area contributed by atoms with Crippen molar-refractivity contribution < 1.29 is 14.2 Å². The molecule has 0 saturated carbocycles. The van der Waals surface area contributed by atoms with Gasteiger partial charge in [0.15, 0.2) is 0 Å². The van der Waals surface area contributed by atoms with Crippen LogP contribution >= 0.6 is 0 Å². The first-order valence-corrected chi connectivity index (χ1v) is 9.11. The molecule has 1 aromatic carbocycles. The summed E-state index contributed by atoms with van der Waals surface area (Å²) in [5.41, 5.74) is 2.80. The molecule has 1 unspecified atom stereocenters. The number of hydrogen-bond donors (Lipinski definition) is 0. The van der Waals surface area contributed by atoms with E-state index in [0.29, 0.717) is 26.4 Å². The van der Waals surface area contributed by atoms with Gasteiger partial charge in [0.05, 0.1) is 31.5 Å². The zero-order valence-corrected chi connectivity index (χ0v) is 15.1. The number of rotatable bonds is 5. The molecule has 28 heavy (non-hydrogen) atoms. The van der Waals surface area contributed by atoms with Gasteiger partial charge in [-0.1, -0.05) is 0 Å². The fourth-order valence-corrected chi connectivity index (χ4v) is 3.17. The SMILES string of the molecule is c1cn(-c2cc3c(cn2)ncn3-c2ccc(OCC3COCCO3)cc2)cn1. The summed E-state index contributed by atoms with van der Waals surface area (Å²) in [4.78, 5) is 13.0. The molecule has 1 saturated heterocycles. The predicted molar refractivity (Wildman–Crippen MR) is 102 cm³/mol. The average molecular weight is 377 g/mol. The first-order chi connectivity index (χ1) is 13.9. The largest absolute Gasteiger partial charge is 0.491 e. The first kappa shape index (κ1) is 16.9. The molecule has 0 aliphatic carbocycles. The molecule has 1 atom stereocenters. The number of fused-ring (bicyclic) bond motifs is 1. The second-order valence-electron chi connectivity index (χ2n) is 6.49. The maximum absolute atomic E-state index is 5.82. The van der Waals surface area contributed by atoms with E-state index in [9.17, 15) is 0 Å². The van der Waals surface area contributed by atoms with Gasteiger partial charge >= 0.3 is 0 Å². The van der Waals surface area contributed by atoms with Crippen LogP contribution in [0.4, 0.5) is 0 Å². The van der Waals surface area contributed by atoms with Crippen LogP contribution in [-0.4, -0.2) is 56.6 Å². The fourth-order valence-electron chi connectivity index (χ4n) is 3.17. The van der Waals surface area contributed by atoms with Crippen molar-refractivity contribution in [2.75, 3.05) is 26.4 Å². The molecule has 0 amide bonds. The average Bonchev–Trinajstić information content (AvgIpc) is 3.43. The first-order valence-electron chi connectivity index (χ1n) is 9.11. The van der Waals surface area contributed by atoms with Crippen LogP contribution in [0.1, 0.15) is 0 Å². The van der Waals surface area contributed by atoms with Crippen molar-refractivity contribution >= 4 is 11.0 Å². The lowest BCUT2D eigenvalue weighted by molar-refractivity contribution is -0.101. The summed E-state index contributed by atoms with van der Waals surface area (Å²) in [7, 11) is 0. The number of hydrogen-bond acceptors (Lipinski definition) is 6. The minimum Gasteiger partial charge on any atom is -0.491 e. The fraction of sp³-hybridized carbons (Fsp3) is 0.250. The summed E-state index contributed by atoms with van der Waals surface area (Å²) in [5.74, 6) is 1.59. The van der Waals surface area contributed by atoms with Crippen LogP contribution in [0.25, 0.3) is 22.5 Å². The molecule has 8 heteroatoms. The van der Waals surface area contributed by atoms with Gasteiger partial charge in [0.25, 0.3) is 0 Å². The summed E-state index contributed by atoms with van der Waals surface area (Å²) in [6.45, 7) is 2.33. The van der Waals surface area contributed by atoms with Crippen molar-refractivity contribution in [2.45, 2.75) is 6.10 Å². The van der Waals surface area contributed by atoms with E-state index >= 15 is 0 Å². The third kappa shape index (κ3) is 3.35. The van der Waals surface area contributed by atoms with Gasteiger partial charge in [-0.2, -0.15) is 0 Å². The van der Waals surface area contributed by atoms with Gasteiger partial charge in [-0.05, 0) is 24.3 Å². The molecule has 5 rings (SSSR count). The van der Waals surface area contributed by atoms with Crippen molar-refractivity contribution in [1.29, 1.82) is 0 Å². The van der Waals surface area contributed by atoms with Crippen LogP contribution in [-0.2, 0) is 9.47 Å². The number of pyridine rings is 1. The molecule has 4 aromatic rings. The molecular weight excluding hydrogens is 358 g/mol. The van der Waals surface area contributed by atoms with Crippen molar-refractivity contribution in [3.05, 3.63) is 61.6 Å². The van der Waals surface area contributed by atoms with E-state index in [0.717, 1.165) is 28.3 Å². The highest BCUT2D eigenvalue weighted by Gasteiger charge is 2.15. The molecule has 0 radical (unpaired) electrons. The molecule has 142 valence electrons. The summed E-state index contributed by atoms with van der Waals surface area (Å²) in [6, 6.07) is 9.90. The van der Waals surface area contributed by atoms with Gasteiger partial charge in [-0.3, -0.25) is 9.13 Å². The quantitative estimate of drug-likeness (QED) is 0.532. The highest BCUT2D eigenvalue weighted by atomic mass is 16.6. The molecule has 3 aromatic heterocycles. The zero-order chi connectivity index (χ0) is 18.8. The topological polar surface area (TPSA) is 76.2 Å². The van der Waals surface area contributed by atoms with Gasteiger partial charge in [-0.25, -0.2) is 15.0 Å². The summed E-state index contributed by atoms with van der Waals surface area (Å²) in [5, 5.41) is 0. The van der Waals surface area contributed by atoms with E-state index in [-0.39, 0.29) is 6.10 Å². The van der Waals surface area contributed by atoms with Crippen LogP contribution in [0.2, 0.25) is 0 Å². The van der Waals surface area contributed by atoms with E-state index in [1.807, 2.05) is 45.7 Å². The van der Waals surface area contributed by atoms with Crippen LogP contribution in [0.3, 0.4) is 0 Å². The van der Waals surface area contributed by atoms with Crippen LogP contribution in [0.5, 0.6) is 5.75 Å². The number of nitrogens with zero attached hydrogens (tertiary/aromatic N) is 5. The smallest absolute Gasteiger partial charge is 0.140 e. The summed E-state index contributed by atoms with van der Waals surface area (Å²) < 4.78 is 20.7. The summed E-state index contributed by atoms with van der Waals surface area (Å²) >= 11 is 0. The van der Waals surface area contributed by atoms with Crippen molar-refractivity contribution in [3.8, 4) is 17.3 Å². The lowest BCUT2D eigenvalue weighted by Gasteiger charge is -2.22. The predicted octanol–water partition coefficient (Wildman–Crippen LogP) is 2.40. The van der Waals surface area contributed by atoms with E-state index in [4.69, 9.17) is 14.2 Å². The van der Waals surface area contributed by atoms with E-state index in [1.165, 1.54) is 0 Å². The van der Waals surface area contributed by atoms with E-state index in [2.05, 4.69) is 15.0 Å². The third-order valence-electron chi connectivity index (χ3n) is 4.62. The Labute approximate surface area is 161 Å².